The number of carbonyl (C=O) groups is 3. The van der Waals surface area contributed by atoms with Crippen LogP contribution in [0.2, 0.25) is 0 Å². The standard InChI is InChI=1S/C13H12O8/c14-8-3-1-7(5-9(8)15)2-4-10(16)13(21,12(19)20)6-11(17)18/h1-5,14-15,21H,6H2,(H,17,18)(H,19,20)/b4-2+/t13-/m1/s1. The number of aromatic hydroxyl groups is 2. The average Bonchev–Trinajstić information content (AvgIpc) is 2.38. The number of carboxylic acids is 2. The van der Waals surface area contributed by atoms with Gasteiger partial charge in [-0.15, -0.1) is 0 Å². The first-order valence-corrected chi connectivity index (χ1v) is 5.59. The molecule has 0 amide bonds. The molecule has 1 atom stereocenters. The fourth-order valence-corrected chi connectivity index (χ4v) is 1.44. The summed E-state index contributed by atoms with van der Waals surface area (Å²) in [6.07, 6.45) is 0.465. The van der Waals surface area contributed by atoms with Crippen molar-refractivity contribution >= 4 is 23.8 Å². The molecule has 5 N–H and O–H groups in total. The molecule has 8 heteroatoms. The summed E-state index contributed by atoms with van der Waals surface area (Å²) >= 11 is 0. The minimum absolute atomic E-state index is 0.238. The molecule has 0 aliphatic rings. The maximum atomic E-state index is 11.7. The second-order valence-electron chi connectivity index (χ2n) is 4.18. The molecule has 0 fully saturated rings. The number of hydrogen-bond donors (Lipinski definition) is 5. The van der Waals surface area contributed by atoms with Gasteiger partial charge in [0.25, 0.3) is 0 Å². The highest BCUT2D eigenvalue weighted by atomic mass is 16.4. The van der Waals surface area contributed by atoms with Crippen molar-refractivity contribution in [1.82, 2.24) is 0 Å². The molecule has 1 aromatic rings. The largest absolute Gasteiger partial charge is 0.504 e. The van der Waals surface area contributed by atoms with Crippen LogP contribution in [0.15, 0.2) is 24.3 Å². The highest BCUT2D eigenvalue weighted by Gasteiger charge is 2.44. The fourth-order valence-electron chi connectivity index (χ4n) is 1.44. The summed E-state index contributed by atoms with van der Waals surface area (Å²) in [5.41, 5.74) is -2.83. The lowest BCUT2D eigenvalue weighted by atomic mass is 9.93. The molecule has 0 aliphatic heterocycles. The first-order valence-electron chi connectivity index (χ1n) is 5.59. The molecule has 0 aromatic heterocycles. The minimum Gasteiger partial charge on any atom is -0.504 e. The third-order valence-electron chi connectivity index (χ3n) is 2.60. The van der Waals surface area contributed by atoms with Gasteiger partial charge < -0.3 is 25.5 Å². The van der Waals surface area contributed by atoms with Crippen LogP contribution in [0.5, 0.6) is 11.5 Å². The van der Waals surface area contributed by atoms with Gasteiger partial charge in [-0.1, -0.05) is 12.1 Å². The Balaban J connectivity index is 3.01. The van der Waals surface area contributed by atoms with Gasteiger partial charge in [0.1, 0.15) is 0 Å². The Bertz CT molecular complexity index is 619. The number of aliphatic hydroxyl groups is 1. The van der Waals surface area contributed by atoms with Crippen LogP contribution in [-0.2, 0) is 14.4 Å². The van der Waals surface area contributed by atoms with Crippen molar-refractivity contribution in [1.29, 1.82) is 0 Å². The smallest absolute Gasteiger partial charge is 0.344 e. The quantitative estimate of drug-likeness (QED) is 0.279. The number of phenolic OH excluding ortho intramolecular Hbond substituents is 2. The molecule has 1 aromatic carbocycles. The summed E-state index contributed by atoms with van der Waals surface area (Å²) in [5, 5.41) is 45.3. The Morgan fingerprint density at radius 3 is 2.19 bits per heavy atom. The van der Waals surface area contributed by atoms with E-state index in [9.17, 15) is 24.6 Å². The normalized spacial score (nSPS) is 13.8. The Hall–Kier alpha value is -2.87. The van der Waals surface area contributed by atoms with Crippen LogP contribution in [-0.4, -0.2) is 48.9 Å². The van der Waals surface area contributed by atoms with Gasteiger partial charge in [0.15, 0.2) is 17.3 Å². The molecule has 112 valence electrons. The molecule has 0 unspecified atom stereocenters. The van der Waals surface area contributed by atoms with E-state index in [0.717, 1.165) is 18.2 Å². The number of rotatable bonds is 6. The van der Waals surface area contributed by atoms with E-state index in [1.165, 1.54) is 6.07 Å². The van der Waals surface area contributed by atoms with Crippen molar-refractivity contribution in [2.75, 3.05) is 0 Å². The van der Waals surface area contributed by atoms with E-state index in [0.29, 0.717) is 6.08 Å². The maximum absolute atomic E-state index is 11.7. The van der Waals surface area contributed by atoms with Gasteiger partial charge in [-0.05, 0) is 23.8 Å². The van der Waals surface area contributed by atoms with Crippen molar-refractivity contribution in [2.45, 2.75) is 12.0 Å². The van der Waals surface area contributed by atoms with Crippen LogP contribution in [0.3, 0.4) is 0 Å². The van der Waals surface area contributed by atoms with Gasteiger partial charge in [0.05, 0.1) is 6.42 Å². The van der Waals surface area contributed by atoms with Crippen molar-refractivity contribution in [3.05, 3.63) is 29.8 Å². The number of hydrogen-bond acceptors (Lipinski definition) is 6. The Morgan fingerprint density at radius 2 is 1.71 bits per heavy atom. The second kappa shape index (κ2) is 6.06. The predicted molar refractivity (Wildman–Crippen MR) is 68.7 cm³/mol. The number of ketones is 1. The molecule has 0 heterocycles. The zero-order valence-electron chi connectivity index (χ0n) is 10.6. The van der Waals surface area contributed by atoms with E-state index in [-0.39, 0.29) is 11.3 Å². The van der Waals surface area contributed by atoms with Crippen LogP contribution < -0.4 is 0 Å². The fraction of sp³-hybridized carbons (Fsp3) is 0.154. The minimum atomic E-state index is -3.07. The number of phenols is 2. The van der Waals surface area contributed by atoms with Crippen molar-refractivity contribution in [2.24, 2.45) is 0 Å². The van der Waals surface area contributed by atoms with Gasteiger partial charge >= 0.3 is 11.9 Å². The number of carboxylic acid groups (broad SMARTS) is 2. The summed E-state index contributed by atoms with van der Waals surface area (Å²) < 4.78 is 0. The van der Waals surface area contributed by atoms with Gasteiger partial charge in [-0.3, -0.25) is 9.59 Å². The third kappa shape index (κ3) is 3.80. The average molecular weight is 296 g/mol. The highest BCUT2D eigenvalue weighted by Crippen LogP contribution is 2.25. The number of aliphatic carboxylic acids is 2. The monoisotopic (exact) mass is 296 g/mol. The van der Waals surface area contributed by atoms with Crippen molar-refractivity contribution in [3.63, 3.8) is 0 Å². The Morgan fingerprint density at radius 1 is 1.10 bits per heavy atom. The van der Waals surface area contributed by atoms with E-state index < -0.39 is 35.5 Å². The van der Waals surface area contributed by atoms with Gasteiger partial charge in [0.2, 0.25) is 5.60 Å². The Labute approximate surface area is 118 Å². The van der Waals surface area contributed by atoms with E-state index in [4.69, 9.17) is 15.3 Å². The predicted octanol–water partition coefficient (Wildman–Crippen LogP) is -0.0295. The highest BCUT2D eigenvalue weighted by molar-refractivity contribution is 6.14. The summed E-state index contributed by atoms with van der Waals surface area (Å²) in [4.78, 5) is 33.1. The first-order chi connectivity index (χ1) is 9.66. The van der Waals surface area contributed by atoms with E-state index in [2.05, 4.69) is 0 Å². The lowest BCUT2D eigenvalue weighted by Crippen LogP contribution is -2.47. The van der Waals surface area contributed by atoms with E-state index in [1.54, 1.807) is 0 Å². The van der Waals surface area contributed by atoms with Crippen LogP contribution in [0.4, 0.5) is 0 Å². The molecule has 0 radical (unpaired) electrons. The number of benzene rings is 1. The lowest BCUT2D eigenvalue weighted by molar-refractivity contribution is -0.169. The molecular weight excluding hydrogens is 284 g/mol. The summed E-state index contributed by atoms with van der Waals surface area (Å²) in [7, 11) is 0. The topological polar surface area (TPSA) is 152 Å². The molecule has 0 saturated heterocycles. The van der Waals surface area contributed by atoms with E-state index >= 15 is 0 Å². The van der Waals surface area contributed by atoms with Crippen LogP contribution in [0.25, 0.3) is 6.08 Å². The van der Waals surface area contributed by atoms with Gasteiger partial charge in [0, 0.05) is 0 Å². The number of carbonyl (C=O) groups excluding carboxylic acids is 1. The summed E-state index contributed by atoms with van der Waals surface area (Å²) in [5.74, 6) is -5.79. The zero-order chi connectivity index (χ0) is 16.2. The SMILES string of the molecule is O=C(O)C[C@](O)(C(=O)O)C(=O)/C=C/c1ccc(O)c(O)c1. The summed E-state index contributed by atoms with van der Waals surface area (Å²) in [6, 6.07) is 3.55. The molecule has 0 spiro atoms. The molecule has 0 bridgehead atoms. The first kappa shape index (κ1) is 16.2. The lowest BCUT2D eigenvalue weighted by Gasteiger charge is -2.17. The molecule has 0 aliphatic carbocycles. The van der Waals surface area contributed by atoms with Crippen LogP contribution in [0, 0.1) is 0 Å². The third-order valence-corrected chi connectivity index (χ3v) is 2.60. The molecule has 1 rings (SSSR count). The van der Waals surface area contributed by atoms with Crippen LogP contribution in [0.1, 0.15) is 12.0 Å². The van der Waals surface area contributed by atoms with Gasteiger partial charge in [-0.25, -0.2) is 4.79 Å². The summed E-state index contributed by atoms with van der Waals surface area (Å²) in [6.45, 7) is 0. The van der Waals surface area contributed by atoms with Crippen molar-refractivity contribution in [3.8, 4) is 11.5 Å². The molecule has 0 saturated carbocycles. The zero-order valence-corrected chi connectivity index (χ0v) is 10.6. The molecule has 21 heavy (non-hydrogen) atoms. The van der Waals surface area contributed by atoms with E-state index in [1.807, 2.05) is 0 Å². The molecular formula is C13H12O8. The van der Waals surface area contributed by atoms with Gasteiger partial charge in [-0.2, -0.15) is 0 Å². The maximum Gasteiger partial charge on any atom is 0.344 e. The van der Waals surface area contributed by atoms with Crippen molar-refractivity contribution < 1.29 is 39.9 Å². The Kier molecular flexibility index (Phi) is 4.67. The van der Waals surface area contributed by atoms with Crippen LogP contribution >= 0.6 is 0 Å². The molecule has 8 nitrogen and oxygen atoms in total. The second-order valence-corrected chi connectivity index (χ2v) is 4.18.